The van der Waals surface area contributed by atoms with Gasteiger partial charge in [0, 0.05) is 29.7 Å². The van der Waals surface area contributed by atoms with Gasteiger partial charge in [0.05, 0.1) is 12.6 Å². The van der Waals surface area contributed by atoms with Crippen LogP contribution in [0.5, 0.6) is 0 Å². The van der Waals surface area contributed by atoms with E-state index in [9.17, 15) is 14.0 Å². The van der Waals surface area contributed by atoms with E-state index in [1.807, 2.05) is 36.5 Å². The average Bonchev–Trinajstić information content (AvgIpc) is 3.31. The molecule has 2 heterocycles. The molecule has 0 aliphatic rings. The molecule has 0 fully saturated rings. The number of aromatic amines is 1. The van der Waals surface area contributed by atoms with Gasteiger partial charge in [0.15, 0.2) is 0 Å². The van der Waals surface area contributed by atoms with Crippen LogP contribution < -0.4 is 5.32 Å². The van der Waals surface area contributed by atoms with Crippen molar-refractivity contribution in [1.29, 1.82) is 0 Å². The van der Waals surface area contributed by atoms with Gasteiger partial charge in [-0.2, -0.15) is 0 Å². The Morgan fingerprint density at radius 2 is 2.03 bits per heavy atom. The Morgan fingerprint density at radius 1 is 1.21 bits per heavy atom. The van der Waals surface area contributed by atoms with Crippen LogP contribution in [-0.2, 0) is 27.3 Å². The molecule has 2 N–H and O–H groups in total. The number of carbonyl (C=O) groups is 2. The highest BCUT2D eigenvalue weighted by Crippen LogP contribution is 2.20. The summed E-state index contributed by atoms with van der Waals surface area (Å²) in [4.78, 5) is 28.0. The predicted octanol–water partition coefficient (Wildman–Crippen LogP) is 3.16. The lowest BCUT2D eigenvalue weighted by Gasteiger charge is -2.17. The third-order valence-corrected chi connectivity index (χ3v) is 4.97. The molecule has 0 spiro atoms. The molecule has 4 rings (SSSR count). The summed E-state index contributed by atoms with van der Waals surface area (Å²) in [5.41, 5.74) is 2.48. The van der Waals surface area contributed by atoms with Crippen LogP contribution in [0.25, 0.3) is 21.8 Å². The van der Waals surface area contributed by atoms with Gasteiger partial charge >= 0.3 is 5.97 Å². The van der Waals surface area contributed by atoms with Crippen molar-refractivity contribution < 1.29 is 18.7 Å². The summed E-state index contributed by atoms with van der Waals surface area (Å²) < 4.78 is 20.1. The van der Waals surface area contributed by atoms with E-state index in [1.54, 1.807) is 16.8 Å². The largest absolute Gasteiger partial charge is 0.467 e. The van der Waals surface area contributed by atoms with E-state index in [4.69, 9.17) is 4.74 Å². The predicted molar refractivity (Wildman–Crippen MR) is 108 cm³/mol. The average molecular weight is 393 g/mol. The van der Waals surface area contributed by atoms with Gasteiger partial charge in [0.2, 0.25) is 5.91 Å². The number of carbonyl (C=O) groups excluding carboxylic acids is 2. The van der Waals surface area contributed by atoms with E-state index in [1.165, 1.54) is 19.2 Å². The number of hydrogen-bond donors (Lipinski definition) is 2. The first-order valence-corrected chi connectivity index (χ1v) is 9.22. The van der Waals surface area contributed by atoms with E-state index in [2.05, 4.69) is 10.3 Å². The Labute approximate surface area is 166 Å². The summed E-state index contributed by atoms with van der Waals surface area (Å²) in [6, 6.07) is 13.1. The number of hydrogen-bond acceptors (Lipinski definition) is 3. The number of halogens is 1. The third-order valence-electron chi connectivity index (χ3n) is 4.97. The van der Waals surface area contributed by atoms with Crippen molar-refractivity contribution in [3.8, 4) is 0 Å². The van der Waals surface area contributed by atoms with E-state index < -0.39 is 12.0 Å². The maximum Gasteiger partial charge on any atom is 0.328 e. The number of amides is 1. The Morgan fingerprint density at radius 3 is 2.86 bits per heavy atom. The summed E-state index contributed by atoms with van der Waals surface area (Å²) >= 11 is 0. The smallest absolute Gasteiger partial charge is 0.328 e. The highest BCUT2D eigenvalue weighted by atomic mass is 19.1. The Hall–Kier alpha value is -3.61. The van der Waals surface area contributed by atoms with Gasteiger partial charge < -0.3 is 19.6 Å². The minimum Gasteiger partial charge on any atom is -0.467 e. The zero-order chi connectivity index (χ0) is 20.4. The lowest BCUT2D eigenvalue weighted by Crippen LogP contribution is -2.44. The molecule has 7 heteroatoms. The molecule has 6 nitrogen and oxygen atoms in total. The third kappa shape index (κ3) is 3.85. The number of para-hydroxylation sites is 1. The zero-order valence-corrected chi connectivity index (χ0v) is 15.8. The van der Waals surface area contributed by atoms with Crippen LogP contribution in [0.15, 0.2) is 60.9 Å². The van der Waals surface area contributed by atoms with Crippen LogP contribution in [-0.4, -0.2) is 34.6 Å². The number of fused-ring (bicyclic) bond motifs is 2. The lowest BCUT2D eigenvalue weighted by molar-refractivity contribution is -0.145. The topological polar surface area (TPSA) is 76.1 Å². The summed E-state index contributed by atoms with van der Waals surface area (Å²) in [5.74, 6) is -1.25. The molecule has 0 unspecified atom stereocenters. The standard InChI is InChI=1S/C22H20FN3O3/c1-29-22(28)19(10-15-12-24-18-5-3-2-4-17(15)18)25-21(27)13-26-9-8-14-6-7-16(23)11-20(14)26/h2-9,11-12,19,24H,10,13H2,1H3,(H,25,27)/t19-/m1/s1. The fourth-order valence-corrected chi connectivity index (χ4v) is 3.55. The van der Waals surface area contributed by atoms with E-state index in [0.29, 0.717) is 11.9 Å². The van der Waals surface area contributed by atoms with Crippen molar-refractivity contribution in [3.63, 3.8) is 0 Å². The van der Waals surface area contributed by atoms with Crippen molar-refractivity contribution >= 4 is 33.7 Å². The second kappa shape index (κ2) is 7.79. The van der Waals surface area contributed by atoms with Gasteiger partial charge in [-0.3, -0.25) is 4.79 Å². The molecule has 2 aromatic heterocycles. The number of nitrogens with zero attached hydrogens (tertiary/aromatic N) is 1. The van der Waals surface area contributed by atoms with Crippen LogP contribution >= 0.6 is 0 Å². The summed E-state index contributed by atoms with van der Waals surface area (Å²) in [5, 5.41) is 4.57. The molecule has 0 bridgehead atoms. The van der Waals surface area contributed by atoms with Crippen LogP contribution in [0, 0.1) is 5.82 Å². The number of nitrogens with one attached hydrogen (secondary N) is 2. The van der Waals surface area contributed by atoms with Crippen molar-refractivity contribution in [1.82, 2.24) is 14.9 Å². The molecule has 1 atom stereocenters. The maximum atomic E-state index is 13.6. The summed E-state index contributed by atoms with van der Waals surface area (Å²) in [6.45, 7) is -0.0334. The first-order valence-electron chi connectivity index (χ1n) is 9.22. The molecule has 29 heavy (non-hydrogen) atoms. The van der Waals surface area contributed by atoms with E-state index in [0.717, 1.165) is 21.9 Å². The molecule has 1 amide bonds. The number of H-pyrrole nitrogens is 1. The van der Waals surface area contributed by atoms with Crippen molar-refractivity contribution in [2.45, 2.75) is 19.0 Å². The van der Waals surface area contributed by atoms with Gasteiger partial charge in [0.1, 0.15) is 18.4 Å². The second-order valence-corrected chi connectivity index (χ2v) is 6.85. The minimum absolute atomic E-state index is 0.0334. The number of ether oxygens (including phenoxy) is 1. The van der Waals surface area contributed by atoms with Gasteiger partial charge in [-0.15, -0.1) is 0 Å². The maximum absolute atomic E-state index is 13.6. The molecule has 0 saturated heterocycles. The van der Waals surface area contributed by atoms with Crippen LogP contribution in [0.2, 0.25) is 0 Å². The van der Waals surface area contributed by atoms with E-state index >= 15 is 0 Å². The highest BCUT2D eigenvalue weighted by molar-refractivity contribution is 5.88. The number of rotatable bonds is 6. The van der Waals surface area contributed by atoms with Gasteiger partial charge in [-0.1, -0.05) is 18.2 Å². The first kappa shape index (κ1) is 18.7. The van der Waals surface area contributed by atoms with Crippen molar-refractivity contribution in [2.75, 3.05) is 7.11 Å². The Kier molecular flexibility index (Phi) is 5.03. The van der Waals surface area contributed by atoms with E-state index in [-0.39, 0.29) is 18.3 Å². The first-order chi connectivity index (χ1) is 14.0. The fourth-order valence-electron chi connectivity index (χ4n) is 3.55. The normalized spacial score (nSPS) is 12.2. The number of esters is 1. The molecule has 0 aliphatic carbocycles. The second-order valence-electron chi connectivity index (χ2n) is 6.85. The Balaban J connectivity index is 1.52. The highest BCUT2D eigenvalue weighted by Gasteiger charge is 2.23. The Bertz CT molecular complexity index is 1190. The number of benzene rings is 2. The molecule has 2 aromatic carbocycles. The van der Waals surface area contributed by atoms with Crippen molar-refractivity contribution in [2.24, 2.45) is 0 Å². The molecular formula is C22H20FN3O3. The number of methoxy groups -OCH3 is 1. The van der Waals surface area contributed by atoms with Crippen LogP contribution in [0.3, 0.4) is 0 Å². The van der Waals surface area contributed by atoms with Crippen molar-refractivity contribution in [3.05, 3.63) is 72.3 Å². The SMILES string of the molecule is COC(=O)[C@@H](Cc1c[nH]c2ccccc12)NC(=O)Cn1ccc2ccc(F)cc21. The van der Waals surface area contributed by atoms with Crippen LogP contribution in [0.4, 0.5) is 4.39 Å². The van der Waals surface area contributed by atoms with Gasteiger partial charge in [0.25, 0.3) is 0 Å². The molecule has 0 aliphatic heterocycles. The van der Waals surface area contributed by atoms with Gasteiger partial charge in [-0.25, -0.2) is 9.18 Å². The molecule has 4 aromatic rings. The minimum atomic E-state index is -0.828. The summed E-state index contributed by atoms with van der Waals surface area (Å²) in [6.07, 6.45) is 3.84. The lowest BCUT2D eigenvalue weighted by atomic mass is 10.0. The molecule has 0 saturated carbocycles. The molecule has 0 radical (unpaired) electrons. The van der Waals surface area contributed by atoms with Crippen LogP contribution in [0.1, 0.15) is 5.56 Å². The summed E-state index contributed by atoms with van der Waals surface area (Å²) in [7, 11) is 1.29. The zero-order valence-electron chi connectivity index (χ0n) is 15.8. The fraction of sp³-hybridized carbons (Fsp3) is 0.182. The molecular weight excluding hydrogens is 373 g/mol. The quantitative estimate of drug-likeness (QED) is 0.494. The number of aromatic nitrogens is 2. The molecule has 148 valence electrons. The monoisotopic (exact) mass is 393 g/mol. The van der Waals surface area contributed by atoms with Gasteiger partial charge in [-0.05, 0) is 41.3 Å².